The fourth-order valence-electron chi connectivity index (χ4n) is 2.23. The molecule has 2 unspecified atom stereocenters. The summed E-state index contributed by atoms with van der Waals surface area (Å²) in [5.41, 5.74) is -1.77. The standard InChI is InChI=1S/C9H14IN2O15P3/c10-9(12-2-1-5(13)11-8(12)16)7(15)6(14)4(25-9)3-24-29(20,21)27-30(22,23)26-28(17,18)19/h1-2,4,6-7,14-15H,3H2,(H,20,21)(H,22,23)(H,11,13,16)(H2,17,18,19)/t4-,6-,7-,9+/m1/s1. The van der Waals surface area contributed by atoms with E-state index in [0.29, 0.717) is 4.57 Å². The van der Waals surface area contributed by atoms with Crippen molar-refractivity contribution in [2.24, 2.45) is 0 Å². The average Bonchev–Trinajstić information content (AvgIpc) is 2.74. The molecular formula is C9H14IN2O15P3. The Hall–Kier alpha value is -0.300. The van der Waals surface area contributed by atoms with Gasteiger partial charge >= 0.3 is 29.2 Å². The molecule has 2 heterocycles. The summed E-state index contributed by atoms with van der Waals surface area (Å²) < 4.78 is 49.0. The largest absolute Gasteiger partial charge is 0.490 e. The van der Waals surface area contributed by atoms with Crippen LogP contribution in [0.5, 0.6) is 0 Å². The van der Waals surface area contributed by atoms with E-state index in [-0.39, 0.29) is 0 Å². The zero-order valence-electron chi connectivity index (χ0n) is 14.1. The van der Waals surface area contributed by atoms with Crippen LogP contribution in [0.4, 0.5) is 0 Å². The minimum absolute atomic E-state index is 0.716. The first-order valence-electron chi connectivity index (χ1n) is 7.29. The van der Waals surface area contributed by atoms with E-state index in [2.05, 4.69) is 13.1 Å². The van der Waals surface area contributed by atoms with Gasteiger partial charge in [0.05, 0.1) is 6.61 Å². The van der Waals surface area contributed by atoms with Crippen LogP contribution in [-0.2, 0) is 35.3 Å². The monoisotopic (exact) mass is 610 g/mol. The van der Waals surface area contributed by atoms with Gasteiger partial charge in [0.25, 0.3) is 5.56 Å². The van der Waals surface area contributed by atoms with Crippen LogP contribution in [0.1, 0.15) is 0 Å². The summed E-state index contributed by atoms with van der Waals surface area (Å²) in [6.07, 6.45) is -4.31. The van der Waals surface area contributed by atoms with Gasteiger partial charge in [-0.1, -0.05) is 0 Å². The molecule has 30 heavy (non-hydrogen) atoms. The summed E-state index contributed by atoms with van der Waals surface area (Å²) in [7, 11) is -16.8. The smallest absolute Gasteiger partial charge is 0.387 e. The zero-order valence-corrected chi connectivity index (χ0v) is 19.0. The molecule has 0 aliphatic carbocycles. The maximum Gasteiger partial charge on any atom is 0.490 e. The molecule has 0 amide bonds. The molecule has 1 aromatic rings. The molecule has 1 fully saturated rings. The number of aromatic amines is 1. The molecule has 17 nitrogen and oxygen atoms in total. The lowest BCUT2D eigenvalue weighted by molar-refractivity contribution is -0.0680. The van der Waals surface area contributed by atoms with Crippen LogP contribution in [0, 0.1) is 0 Å². The highest BCUT2D eigenvalue weighted by Crippen LogP contribution is 2.66. The number of phosphoric acid groups is 3. The van der Waals surface area contributed by atoms with Crippen molar-refractivity contribution >= 4 is 46.1 Å². The Morgan fingerprint density at radius 2 is 1.73 bits per heavy atom. The number of aromatic nitrogens is 2. The van der Waals surface area contributed by atoms with Gasteiger partial charge in [-0.05, 0) is 22.6 Å². The van der Waals surface area contributed by atoms with Gasteiger partial charge in [-0.15, -0.1) is 0 Å². The molecule has 0 aromatic carbocycles. The first-order valence-corrected chi connectivity index (χ1v) is 12.9. The number of nitrogens with one attached hydrogen (secondary N) is 1. The number of halogens is 1. The molecule has 0 bridgehead atoms. The molecule has 2 rings (SSSR count). The summed E-state index contributed by atoms with van der Waals surface area (Å²) >= 11 is 1.42. The minimum atomic E-state index is -5.74. The number of phosphoric ester groups is 1. The van der Waals surface area contributed by atoms with Crippen molar-refractivity contribution in [3.05, 3.63) is 33.1 Å². The highest BCUT2D eigenvalue weighted by Gasteiger charge is 2.55. The minimum Gasteiger partial charge on any atom is -0.387 e. The molecule has 1 aliphatic heterocycles. The van der Waals surface area contributed by atoms with Crippen LogP contribution in [-0.4, -0.2) is 64.3 Å². The van der Waals surface area contributed by atoms with E-state index in [0.717, 1.165) is 12.3 Å². The lowest BCUT2D eigenvalue weighted by atomic mass is 10.1. The maximum absolute atomic E-state index is 11.9. The molecule has 0 saturated carbocycles. The number of alkyl halides is 1. The number of aliphatic hydroxyl groups is 2. The third-order valence-corrected chi connectivity index (χ3v) is 8.57. The summed E-state index contributed by atoms with van der Waals surface area (Å²) in [5.74, 6) is 0. The molecule has 172 valence electrons. The van der Waals surface area contributed by atoms with E-state index in [1.54, 1.807) is 0 Å². The van der Waals surface area contributed by atoms with Gasteiger partial charge in [-0.2, -0.15) is 8.62 Å². The van der Waals surface area contributed by atoms with Crippen LogP contribution in [0.15, 0.2) is 21.9 Å². The summed E-state index contributed by atoms with van der Waals surface area (Å²) in [4.78, 5) is 60.4. The number of rotatable bonds is 8. The Morgan fingerprint density at radius 1 is 1.13 bits per heavy atom. The van der Waals surface area contributed by atoms with Crippen LogP contribution >= 0.6 is 46.1 Å². The van der Waals surface area contributed by atoms with Crippen LogP contribution in [0.3, 0.4) is 0 Å². The van der Waals surface area contributed by atoms with Crippen molar-refractivity contribution in [3.63, 3.8) is 0 Å². The summed E-state index contributed by atoms with van der Waals surface area (Å²) in [6.45, 7) is -1.06. The molecule has 0 spiro atoms. The predicted octanol–water partition coefficient (Wildman–Crippen LogP) is -1.95. The van der Waals surface area contributed by atoms with E-state index in [1.165, 1.54) is 22.6 Å². The van der Waals surface area contributed by atoms with Crippen molar-refractivity contribution in [1.29, 1.82) is 0 Å². The molecule has 0 radical (unpaired) electrons. The first kappa shape index (κ1) is 26.0. The van der Waals surface area contributed by atoms with Crippen LogP contribution in [0.25, 0.3) is 0 Å². The van der Waals surface area contributed by atoms with Gasteiger partial charge in [-0.25, -0.2) is 18.5 Å². The second-order valence-electron chi connectivity index (χ2n) is 5.57. The van der Waals surface area contributed by atoms with E-state index in [1.807, 2.05) is 4.98 Å². The molecule has 6 atom stereocenters. The fraction of sp³-hybridized carbons (Fsp3) is 0.556. The van der Waals surface area contributed by atoms with Crippen molar-refractivity contribution < 1.29 is 61.4 Å². The zero-order chi connectivity index (χ0) is 23.1. The van der Waals surface area contributed by atoms with E-state index in [9.17, 15) is 38.4 Å². The highest BCUT2D eigenvalue weighted by molar-refractivity contribution is 14.1. The maximum atomic E-state index is 11.9. The summed E-state index contributed by atoms with van der Waals surface area (Å²) in [6, 6.07) is 0.920. The second kappa shape index (κ2) is 8.92. The summed E-state index contributed by atoms with van der Waals surface area (Å²) in [5, 5.41) is 20.3. The Labute approximate surface area is 178 Å². The van der Waals surface area contributed by atoms with Gasteiger partial charge in [0.2, 0.25) is 3.73 Å². The number of ether oxygens (including phenoxy) is 1. The lowest BCUT2D eigenvalue weighted by Gasteiger charge is -2.27. The molecule has 1 saturated heterocycles. The normalized spacial score (nSPS) is 31.2. The number of nitrogens with zero attached hydrogens (tertiary/aromatic N) is 1. The Bertz CT molecular complexity index is 1050. The van der Waals surface area contributed by atoms with Gasteiger partial charge in [0.15, 0.2) is 0 Å². The predicted molar refractivity (Wildman–Crippen MR) is 100 cm³/mol. The van der Waals surface area contributed by atoms with E-state index < -0.39 is 63.4 Å². The molecule has 21 heteroatoms. The Balaban J connectivity index is 2.13. The van der Waals surface area contributed by atoms with E-state index >= 15 is 0 Å². The first-order chi connectivity index (χ1) is 13.5. The quantitative estimate of drug-likeness (QED) is 0.0958. The average molecular weight is 610 g/mol. The lowest BCUT2D eigenvalue weighted by Crippen LogP contribution is -2.47. The van der Waals surface area contributed by atoms with E-state index in [4.69, 9.17) is 19.4 Å². The second-order valence-corrected chi connectivity index (χ2v) is 11.5. The molecule has 7 N–H and O–H groups in total. The fourth-order valence-corrected chi connectivity index (χ4v) is 6.33. The Kier molecular flexibility index (Phi) is 7.71. The van der Waals surface area contributed by atoms with Gasteiger partial charge in [-0.3, -0.25) is 18.9 Å². The number of hydrogen-bond acceptors (Lipinski definition) is 11. The molecular weight excluding hydrogens is 596 g/mol. The van der Waals surface area contributed by atoms with Crippen LogP contribution < -0.4 is 11.2 Å². The van der Waals surface area contributed by atoms with Crippen molar-refractivity contribution in [2.45, 2.75) is 22.0 Å². The van der Waals surface area contributed by atoms with Crippen LogP contribution in [0.2, 0.25) is 0 Å². The van der Waals surface area contributed by atoms with Gasteiger partial charge in [0, 0.05) is 12.3 Å². The molecule has 1 aliphatic rings. The Morgan fingerprint density at radius 3 is 2.27 bits per heavy atom. The van der Waals surface area contributed by atoms with Crippen molar-refractivity contribution in [1.82, 2.24) is 9.55 Å². The topological polar surface area (TPSA) is 264 Å². The SMILES string of the molecule is O=c1ccn([C@]2(I)O[C@H](COP(=O)(O)OP(=O)(O)OP(=O)(O)O)[C@@H](O)[C@H]2O)c(=O)[nH]1. The number of aliphatic hydroxyl groups excluding tert-OH is 2. The third-order valence-electron chi connectivity index (χ3n) is 3.36. The number of hydrogen-bond donors (Lipinski definition) is 7. The highest BCUT2D eigenvalue weighted by atomic mass is 127. The number of H-pyrrole nitrogens is 1. The van der Waals surface area contributed by atoms with Gasteiger partial charge in [0.1, 0.15) is 18.3 Å². The van der Waals surface area contributed by atoms with Gasteiger partial charge < -0.3 is 34.5 Å². The van der Waals surface area contributed by atoms with Crippen molar-refractivity contribution in [3.8, 4) is 0 Å². The van der Waals surface area contributed by atoms with Crippen molar-refractivity contribution in [2.75, 3.05) is 6.61 Å². The molecule has 1 aromatic heterocycles. The third kappa shape index (κ3) is 6.36.